The van der Waals surface area contributed by atoms with Gasteiger partial charge in [0, 0.05) is 65.0 Å². The highest BCUT2D eigenvalue weighted by molar-refractivity contribution is 7.26. The zero-order valence-electron chi connectivity index (χ0n) is 26.6. The lowest BCUT2D eigenvalue weighted by molar-refractivity contribution is 0.621. The first-order valence-electron chi connectivity index (χ1n) is 16.7. The Hall–Kier alpha value is -6.43. The molecule has 0 aliphatic heterocycles. The molecule has 234 valence electrons. The molecule has 0 aliphatic rings. The molecule has 11 aromatic rings. The van der Waals surface area contributed by atoms with Crippen LogP contribution in [0.15, 0.2) is 167 Å². The molecule has 5 heteroatoms. The third kappa shape index (κ3) is 4.14. The molecule has 0 unspecified atom stereocenters. The first kappa shape index (κ1) is 27.5. The molecule has 0 saturated heterocycles. The highest BCUT2D eigenvalue weighted by atomic mass is 32.1. The Balaban J connectivity index is 1.07. The van der Waals surface area contributed by atoms with Gasteiger partial charge in [-0.1, -0.05) is 84.9 Å². The van der Waals surface area contributed by atoms with E-state index in [-0.39, 0.29) is 0 Å². The maximum atomic E-state index is 6.49. The maximum absolute atomic E-state index is 6.49. The van der Waals surface area contributed by atoms with E-state index in [1.54, 1.807) is 11.3 Å². The van der Waals surface area contributed by atoms with Crippen molar-refractivity contribution in [3.05, 3.63) is 158 Å². The highest BCUT2D eigenvalue weighted by Gasteiger charge is 2.20. The van der Waals surface area contributed by atoms with Gasteiger partial charge >= 0.3 is 0 Å². The third-order valence-corrected chi connectivity index (χ3v) is 11.0. The van der Waals surface area contributed by atoms with Crippen LogP contribution in [0.3, 0.4) is 0 Å². The van der Waals surface area contributed by atoms with Gasteiger partial charge in [0.05, 0.1) is 0 Å². The van der Waals surface area contributed by atoms with Crippen LogP contribution >= 0.6 is 11.3 Å². The zero-order chi connectivity index (χ0) is 32.8. The lowest BCUT2D eigenvalue weighted by atomic mass is 10.0. The van der Waals surface area contributed by atoms with Crippen molar-refractivity contribution in [2.24, 2.45) is 0 Å². The number of rotatable bonds is 4. The Morgan fingerprint density at radius 2 is 1.18 bits per heavy atom. The van der Waals surface area contributed by atoms with Gasteiger partial charge in [0.25, 0.3) is 0 Å². The Morgan fingerprint density at radius 1 is 0.440 bits per heavy atom. The molecule has 3 heterocycles. The summed E-state index contributed by atoms with van der Waals surface area (Å²) in [5.41, 5.74) is 7.65. The summed E-state index contributed by atoms with van der Waals surface area (Å²) in [4.78, 5) is 7.36. The molecule has 0 radical (unpaired) electrons. The predicted molar refractivity (Wildman–Crippen MR) is 209 cm³/mol. The minimum absolute atomic E-state index is 0.642. The minimum Gasteiger partial charge on any atom is -0.456 e. The number of aromatic nitrogens is 1. The summed E-state index contributed by atoms with van der Waals surface area (Å²) in [7, 11) is 0. The van der Waals surface area contributed by atoms with Gasteiger partial charge in [-0.3, -0.25) is 0 Å². The number of nitrogens with zero attached hydrogens (tertiary/aromatic N) is 2. The van der Waals surface area contributed by atoms with Crippen LogP contribution in [-0.2, 0) is 0 Å². The van der Waals surface area contributed by atoms with Crippen LogP contribution in [0.5, 0.6) is 0 Å². The molecule has 0 spiro atoms. The summed E-state index contributed by atoms with van der Waals surface area (Å²) in [6, 6.07) is 55.5. The second kappa shape index (κ2) is 10.5. The molecular formula is C45H26N2O2S. The largest absolute Gasteiger partial charge is 0.456 e. The molecule has 50 heavy (non-hydrogen) atoms. The van der Waals surface area contributed by atoms with Crippen LogP contribution in [0.25, 0.3) is 86.2 Å². The van der Waals surface area contributed by atoms with E-state index in [1.807, 2.05) is 6.07 Å². The molecule has 0 amide bonds. The SMILES string of the molecule is c1ccc(N(c2ccc3c(c2)oc2cc4ccccc4cc23)c2ccc3c(c2)sc2cccc(-c4nc5c(ccc6ccccc65)o4)c23)cc1. The fourth-order valence-electron chi connectivity index (χ4n) is 7.52. The van der Waals surface area contributed by atoms with Gasteiger partial charge in [-0.05, 0) is 82.9 Å². The summed E-state index contributed by atoms with van der Waals surface area (Å²) >= 11 is 1.79. The third-order valence-electron chi connectivity index (χ3n) is 9.85. The molecule has 0 saturated carbocycles. The summed E-state index contributed by atoms with van der Waals surface area (Å²) in [6.45, 7) is 0. The second-order valence-corrected chi connectivity index (χ2v) is 13.8. The van der Waals surface area contributed by atoms with Crippen LogP contribution in [-0.4, -0.2) is 4.98 Å². The first-order valence-corrected chi connectivity index (χ1v) is 17.5. The average molecular weight is 659 g/mol. The Bertz CT molecular complexity index is 3120. The van der Waals surface area contributed by atoms with Gasteiger partial charge in [-0.2, -0.15) is 0 Å². The van der Waals surface area contributed by atoms with Gasteiger partial charge in [0.2, 0.25) is 5.89 Å². The van der Waals surface area contributed by atoms with Gasteiger partial charge in [0.15, 0.2) is 5.58 Å². The number of hydrogen-bond donors (Lipinski definition) is 0. The van der Waals surface area contributed by atoms with E-state index in [1.165, 1.54) is 25.6 Å². The lowest BCUT2D eigenvalue weighted by Crippen LogP contribution is -2.09. The summed E-state index contributed by atoms with van der Waals surface area (Å²) in [6.07, 6.45) is 0. The Kier molecular flexibility index (Phi) is 5.80. The molecule has 0 aliphatic carbocycles. The van der Waals surface area contributed by atoms with E-state index in [9.17, 15) is 0 Å². The van der Waals surface area contributed by atoms with Gasteiger partial charge in [0.1, 0.15) is 16.7 Å². The monoisotopic (exact) mass is 658 g/mol. The predicted octanol–water partition coefficient (Wildman–Crippen LogP) is 13.5. The number of anilines is 3. The van der Waals surface area contributed by atoms with Crippen molar-refractivity contribution in [1.29, 1.82) is 0 Å². The van der Waals surface area contributed by atoms with E-state index in [4.69, 9.17) is 13.8 Å². The van der Waals surface area contributed by atoms with Crippen LogP contribution in [0.1, 0.15) is 0 Å². The molecule has 0 bridgehead atoms. The van der Waals surface area contributed by atoms with E-state index < -0.39 is 0 Å². The molecule has 8 aromatic carbocycles. The van der Waals surface area contributed by atoms with Crippen molar-refractivity contribution in [2.45, 2.75) is 0 Å². The number of fused-ring (bicyclic) bond motifs is 10. The Morgan fingerprint density at radius 3 is 2.06 bits per heavy atom. The number of para-hydroxylation sites is 1. The minimum atomic E-state index is 0.642. The number of hydrogen-bond acceptors (Lipinski definition) is 5. The standard InChI is InChI=1S/C45H26N2O2S/c1-2-12-30(13-3-1)47(31-18-20-34-37-23-28-10-4-5-11-29(28)24-39(37)48-40(34)25-31)32-19-21-35-42(26-32)50-41-16-8-15-36(43(35)41)45-46-44-33-14-7-6-9-27(33)17-22-38(44)49-45/h1-26H. The van der Waals surface area contributed by atoms with Crippen LogP contribution in [0.2, 0.25) is 0 Å². The van der Waals surface area contributed by atoms with E-state index in [2.05, 4.69) is 157 Å². The molecule has 11 rings (SSSR count). The molecule has 0 fully saturated rings. The topological polar surface area (TPSA) is 42.4 Å². The quantitative estimate of drug-likeness (QED) is 0.189. The van der Waals surface area contributed by atoms with Crippen LogP contribution < -0.4 is 4.90 Å². The van der Waals surface area contributed by atoms with Crippen molar-refractivity contribution in [3.8, 4) is 11.5 Å². The van der Waals surface area contributed by atoms with Gasteiger partial charge in [-0.15, -0.1) is 11.3 Å². The number of thiophene rings is 1. The summed E-state index contributed by atoms with van der Waals surface area (Å²) in [5.74, 6) is 0.642. The molecule has 3 aromatic heterocycles. The van der Waals surface area contributed by atoms with Crippen molar-refractivity contribution >= 4 is 103 Å². The van der Waals surface area contributed by atoms with Crippen molar-refractivity contribution < 1.29 is 8.83 Å². The number of benzene rings is 8. The van der Waals surface area contributed by atoms with Gasteiger partial charge < -0.3 is 13.7 Å². The maximum Gasteiger partial charge on any atom is 0.228 e. The number of oxazole rings is 1. The molecule has 0 N–H and O–H groups in total. The number of furan rings is 1. The fourth-order valence-corrected chi connectivity index (χ4v) is 8.69. The van der Waals surface area contributed by atoms with Crippen LogP contribution in [0, 0.1) is 0 Å². The Labute approximate surface area is 290 Å². The average Bonchev–Trinajstić information content (AvgIpc) is 3.87. The fraction of sp³-hybridized carbons (Fsp3) is 0. The van der Waals surface area contributed by atoms with E-state index in [0.29, 0.717) is 5.89 Å². The molecule has 4 nitrogen and oxygen atoms in total. The normalized spacial score (nSPS) is 12.0. The highest BCUT2D eigenvalue weighted by Crippen LogP contribution is 2.45. The smallest absolute Gasteiger partial charge is 0.228 e. The second-order valence-electron chi connectivity index (χ2n) is 12.8. The lowest BCUT2D eigenvalue weighted by Gasteiger charge is -2.25. The summed E-state index contributed by atoms with van der Waals surface area (Å²) in [5, 5.41) is 9.23. The molecular weight excluding hydrogens is 633 g/mol. The molecule has 0 atom stereocenters. The zero-order valence-corrected chi connectivity index (χ0v) is 27.4. The van der Waals surface area contributed by atoms with E-state index in [0.717, 1.165) is 71.8 Å². The van der Waals surface area contributed by atoms with Crippen molar-refractivity contribution in [3.63, 3.8) is 0 Å². The first-order chi connectivity index (χ1) is 24.7. The van der Waals surface area contributed by atoms with E-state index >= 15 is 0 Å². The van der Waals surface area contributed by atoms with Crippen molar-refractivity contribution in [1.82, 2.24) is 4.98 Å². The van der Waals surface area contributed by atoms with Gasteiger partial charge in [-0.25, -0.2) is 4.98 Å². The van der Waals surface area contributed by atoms with Crippen molar-refractivity contribution in [2.75, 3.05) is 4.90 Å². The van der Waals surface area contributed by atoms with Crippen LogP contribution in [0.4, 0.5) is 17.1 Å². The summed E-state index contributed by atoms with van der Waals surface area (Å²) < 4.78 is 15.3.